The molecule has 134 valence electrons. The normalized spacial score (nSPS) is 17.4. The standard InChI is InChI=1S/C22H25N3O/c1-3-25-15-20(17(2)23-25)14-24-13-19-11-7-8-12-21(19)26-22(16-24)18-9-5-4-6-10-18/h4-12,15,22H,3,13-14,16H2,1-2H3/t22-/m0/s1. The number of aromatic nitrogens is 2. The number of aryl methyl sites for hydroxylation is 2. The molecule has 0 spiro atoms. The van der Waals surface area contributed by atoms with Gasteiger partial charge in [0.05, 0.1) is 5.69 Å². The van der Waals surface area contributed by atoms with E-state index >= 15 is 0 Å². The molecule has 26 heavy (non-hydrogen) atoms. The average molecular weight is 347 g/mol. The maximum Gasteiger partial charge on any atom is 0.136 e. The maximum atomic E-state index is 6.41. The molecular formula is C22H25N3O. The van der Waals surface area contributed by atoms with Gasteiger partial charge in [-0.1, -0.05) is 48.5 Å². The minimum atomic E-state index is 0.0291. The topological polar surface area (TPSA) is 30.3 Å². The summed E-state index contributed by atoms with van der Waals surface area (Å²) >= 11 is 0. The smallest absolute Gasteiger partial charge is 0.136 e. The molecule has 0 unspecified atom stereocenters. The zero-order valence-corrected chi connectivity index (χ0v) is 15.4. The highest BCUT2D eigenvalue weighted by molar-refractivity contribution is 5.35. The summed E-state index contributed by atoms with van der Waals surface area (Å²) in [7, 11) is 0. The summed E-state index contributed by atoms with van der Waals surface area (Å²) in [6.07, 6.45) is 2.20. The summed E-state index contributed by atoms with van der Waals surface area (Å²) in [5.41, 5.74) is 4.86. The van der Waals surface area contributed by atoms with Gasteiger partial charge in [0.2, 0.25) is 0 Å². The SMILES string of the molecule is CCn1cc(CN2Cc3ccccc3O[C@H](c3ccccc3)C2)c(C)n1. The van der Waals surface area contributed by atoms with Crippen molar-refractivity contribution >= 4 is 0 Å². The van der Waals surface area contributed by atoms with E-state index in [1.807, 2.05) is 10.7 Å². The summed E-state index contributed by atoms with van der Waals surface area (Å²) in [6, 6.07) is 18.9. The van der Waals surface area contributed by atoms with Crippen LogP contribution in [-0.4, -0.2) is 21.2 Å². The van der Waals surface area contributed by atoms with Crippen molar-refractivity contribution in [2.45, 2.75) is 39.6 Å². The summed E-state index contributed by atoms with van der Waals surface area (Å²) in [5, 5.41) is 4.60. The first kappa shape index (κ1) is 16.9. The molecule has 4 rings (SSSR count). The van der Waals surface area contributed by atoms with Crippen molar-refractivity contribution in [2.75, 3.05) is 6.54 Å². The van der Waals surface area contributed by atoms with Crippen LogP contribution in [0.1, 0.15) is 35.4 Å². The zero-order chi connectivity index (χ0) is 17.9. The molecule has 0 aliphatic carbocycles. The molecule has 3 aromatic rings. The lowest BCUT2D eigenvalue weighted by molar-refractivity contribution is 0.144. The number of benzene rings is 2. The molecule has 0 bridgehead atoms. The van der Waals surface area contributed by atoms with Crippen LogP contribution in [0.2, 0.25) is 0 Å². The van der Waals surface area contributed by atoms with Gasteiger partial charge < -0.3 is 4.74 Å². The van der Waals surface area contributed by atoms with Crippen molar-refractivity contribution in [1.29, 1.82) is 0 Å². The van der Waals surface area contributed by atoms with E-state index in [-0.39, 0.29) is 6.10 Å². The molecule has 0 saturated carbocycles. The molecule has 1 aromatic heterocycles. The third-order valence-electron chi connectivity index (χ3n) is 5.00. The van der Waals surface area contributed by atoms with Gasteiger partial charge in [-0.25, -0.2) is 0 Å². The predicted octanol–water partition coefficient (Wildman–Crippen LogP) is 4.35. The van der Waals surface area contributed by atoms with Gasteiger partial charge in [-0.15, -0.1) is 0 Å². The fourth-order valence-electron chi connectivity index (χ4n) is 3.56. The summed E-state index contributed by atoms with van der Waals surface area (Å²) < 4.78 is 8.42. The molecule has 0 fully saturated rings. The van der Waals surface area contributed by atoms with E-state index in [9.17, 15) is 0 Å². The number of hydrogen-bond donors (Lipinski definition) is 0. The molecule has 4 heteroatoms. The number of para-hydroxylation sites is 1. The van der Waals surface area contributed by atoms with Crippen LogP contribution in [0.3, 0.4) is 0 Å². The van der Waals surface area contributed by atoms with Crippen molar-refractivity contribution in [2.24, 2.45) is 0 Å². The van der Waals surface area contributed by atoms with Crippen LogP contribution in [0.4, 0.5) is 0 Å². The van der Waals surface area contributed by atoms with Gasteiger partial charge in [0.25, 0.3) is 0 Å². The molecule has 4 nitrogen and oxygen atoms in total. The molecule has 0 saturated heterocycles. The van der Waals surface area contributed by atoms with E-state index in [4.69, 9.17) is 4.74 Å². The first-order chi connectivity index (χ1) is 12.7. The molecule has 1 aliphatic rings. The number of rotatable bonds is 4. The molecule has 0 amide bonds. The van der Waals surface area contributed by atoms with Crippen LogP contribution < -0.4 is 4.74 Å². The van der Waals surface area contributed by atoms with E-state index in [2.05, 4.69) is 78.6 Å². The lowest BCUT2D eigenvalue weighted by Crippen LogP contribution is -2.28. The van der Waals surface area contributed by atoms with Crippen molar-refractivity contribution in [3.05, 3.63) is 83.2 Å². The van der Waals surface area contributed by atoms with Gasteiger partial charge in [-0.05, 0) is 25.5 Å². The predicted molar refractivity (Wildman–Crippen MR) is 103 cm³/mol. The average Bonchev–Trinajstić information content (AvgIpc) is 2.92. The van der Waals surface area contributed by atoms with Crippen LogP contribution in [0.15, 0.2) is 60.8 Å². The Bertz CT molecular complexity index is 872. The third-order valence-corrected chi connectivity index (χ3v) is 5.00. The third kappa shape index (κ3) is 3.51. The summed E-state index contributed by atoms with van der Waals surface area (Å²) in [4.78, 5) is 2.47. The largest absolute Gasteiger partial charge is 0.484 e. The van der Waals surface area contributed by atoms with E-state index in [0.717, 1.165) is 37.6 Å². The first-order valence-corrected chi connectivity index (χ1v) is 9.27. The van der Waals surface area contributed by atoms with E-state index in [1.54, 1.807) is 0 Å². The van der Waals surface area contributed by atoms with Crippen molar-refractivity contribution in [3.8, 4) is 5.75 Å². The Morgan fingerprint density at radius 3 is 2.62 bits per heavy atom. The molecule has 1 aliphatic heterocycles. The monoisotopic (exact) mass is 347 g/mol. The van der Waals surface area contributed by atoms with Gasteiger partial charge in [0.15, 0.2) is 0 Å². The highest BCUT2D eigenvalue weighted by Gasteiger charge is 2.24. The number of fused-ring (bicyclic) bond motifs is 1. The Labute approximate surface area is 155 Å². The fraction of sp³-hybridized carbons (Fsp3) is 0.318. The van der Waals surface area contributed by atoms with Gasteiger partial charge >= 0.3 is 0 Å². The first-order valence-electron chi connectivity index (χ1n) is 9.27. The second-order valence-electron chi connectivity index (χ2n) is 6.89. The van der Waals surface area contributed by atoms with Gasteiger partial charge in [-0.3, -0.25) is 9.58 Å². The van der Waals surface area contributed by atoms with Crippen molar-refractivity contribution in [3.63, 3.8) is 0 Å². The van der Waals surface area contributed by atoms with E-state index in [1.165, 1.54) is 16.7 Å². The Morgan fingerprint density at radius 1 is 1.08 bits per heavy atom. The minimum Gasteiger partial charge on any atom is -0.484 e. The number of hydrogen-bond acceptors (Lipinski definition) is 3. The van der Waals surface area contributed by atoms with Gasteiger partial charge in [0.1, 0.15) is 11.9 Å². The van der Waals surface area contributed by atoms with Crippen LogP contribution in [0.5, 0.6) is 5.75 Å². The van der Waals surface area contributed by atoms with E-state index < -0.39 is 0 Å². The Hall–Kier alpha value is -2.59. The van der Waals surface area contributed by atoms with E-state index in [0.29, 0.717) is 0 Å². The minimum absolute atomic E-state index is 0.0291. The number of ether oxygens (including phenoxy) is 1. The quantitative estimate of drug-likeness (QED) is 0.703. The maximum absolute atomic E-state index is 6.41. The molecule has 0 radical (unpaired) electrons. The van der Waals surface area contributed by atoms with Gasteiger partial charge in [0, 0.05) is 43.5 Å². The molecule has 0 N–H and O–H groups in total. The zero-order valence-electron chi connectivity index (χ0n) is 15.4. The lowest BCUT2D eigenvalue weighted by atomic mass is 10.1. The van der Waals surface area contributed by atoms with Crippen LogP contribution in [-0.2, 0) is 19.6 Å². The Balaban J connectivity index is 1.64. The summed E-state index contributed by atoms with van der Waals surface area (Å²) in [5.74, 6) is 0.991. The fourth-order valence-corrected chi connectivity index (χ4v) is 3.56. The summed E-state index contributed by atoms with van der Waals surface area (Å²) in [6.45, 7) is 7.74. The van der Waals surface area contributed by atoms with Crippen LogP contribution in [0.25, 0.3) is 0 Å². The highest BCUT2D eigenvalue weighted by atomic mass is 16.5. The molecule has 2 heterocycles. The lowest BCUT2D eigenvalue weighted by Gasteiger charge is -2.24. The highest BCUT2D eigenvalue weighted by Crippen LogP contribution is 2.31. The van der Waals surface area contributed by atoms with Crippen LogP contribution >= 0.6 is 0 Å². The molecule has 1 atom stereocenters. The van der Waals surface area contributed by atoms with Crippen molar-refractivity contribution in [1.82, 2.24) is 14.7 Å². The molecule has 2 aromatic carbocycles. The number of nitrogens with zero attached hydrogens (tertiary/aromatic N) is 3. The van der Waals surface area contributed by atoms with Crippen molar-refractivity contribution < 1.29 is 4.74 Å². The second-order valence-corrected chi connectivity index (χ2v) is 6.89. The second kappa shape index (κ2) is 7.34. The molecular weight excluding hydrogens is 322 g/mol. The van der Waals surface area contributed by atoms with Gasteiger partial charge in [-0.2, -0.15) is 5.10 Å². The van der Waals surface area contributed by atoms with Crippen LogP contribution in [0, 0.1) is 6.92 Å². The Kier molecular flexibility index (Phi) is 4.76. The Morgan fingerprint density at radius 2 is 1.85 bits per heavy atom.